The summed E-state index contributed by atoms with van der Waals surface area (Å²) in [5.41, 5.74) is 5.51. The van der Waals surface area contributed by atoms with Crippen LogP contribution in [0.2, 0.25) is 0 Å². The Kier molecular flexibility index (Phi) is 6.39. The topological polar surface area (TPSA) is 64.8 Å². The lowest BCUT2D eigenvalue weighted by molar-refractivity contribution is -0.137. The van der Waals surface area contributed by atoms with Crippen LogP contribution in [0.1, 0.15) is 19.8 Å². The highest BCUT2D eigenvalue weighted by molar-refractivity contribution is 7.80. The molecule has 98 valence electrons. The molecule has 0 aliphatic carbocycles. The number of nitrogens with zero attached hydrogens (tertiary/aromatic N) is 1. The van der Waals surface area contributed by atoms with Crippen LogP contribution in [-0.4, -0.2) is 54.8 Å². The maximum Gasteiger partial charge on any atom is 0.225 e. The van der Waals surface area contributed by atoms with Gasteiger partial charge in [0.1, 0.15) is 11.1 Å². The Morgan fingerprint density at radius 2 is 2.35 bits per heavy atom. The second-order valence-corrected chi connectivity index (χ2v) is 4.44. The first-order chi connectivity index (χ1) is 8.15. The molecular weight excluding hydrogens is 240 g/mol. The Morgan fingerprint density at radius 1 is 1.59 bits per heavy atom. The van der Waals surface area contributed by atoms with Crippen molar-refractivity contribution in [2.45, 2.75) is 25.9 Å². The average molecular weight is 260 g/mol. The van der Waals surface area contributed by atoms with Crippen molar-refractivity contribution >= 4 is 23.1 Å². The van der Waals surface area contributed by atoms with Gasteiger partial charge < -0.3 is 20.1 Å². The number of hydrogen-bond acceptors (Lipinski definition) is 4. The van der Waals surface area contributed by atoms with Gasteiger partial charge >= 0.3 is 0 Å². The van der Waals surface area contributed by atoms with E-state index in [0.29, 0.717) is 44.3 Å². The zero-order valence-electron chi connectivity index (χ0n) is 10.2. The van der Waals surface area contributed by atoms with Gasteiger partial charge in [0.25, 0.3) is 0 Å². The van der Waals surface area contributed by atoms with Crippen LogP contribution in [0, 0.1) is 0 Å². The second-order valence-electron chi connectivity index (χ2n) is 3.96. The SMILES string of the molecule is CCCOCCC(=O)N1CCOC(C(N)=S)C1. The van der Waals surface area contributed by atoms with E-state index in [-0.39, 0.29) is 12.0 Å². The number of ether oxygens (including phenoxy) is 2. The van der Waals surface area contributed by atoms with Crippen molar-refractivity contribution in [2.75, 3.05) is 32.9 Å². The molecule has 1 aliphatic heterocycles. The fourth-order valence-electron chi connectivity index (χ4n) is 1.61. The van der Waals surface area contributed by atoms with Crippen molar-refractivity contribution in [2.24, 2.45) is 5.73 Å². The summed E-state index contributed by atoms with van der Waals surface area (Å²) in [6, 6.07) is 0. The van der Waals surface area contributed by atoms with Gasteiger partial charge in [-0.15, -0.1) is 0 Å². The molecule has 5 nitrogen and oxygen atoms in total. The summed E-state index contributed by atoms with van der Waals surface area (Å²) >= 11 is 4.87. The minimum Gasteiger partial charge on any atom is -0.391 e. The Labute approximate surface area is 107 Å². The van der Waals surface area contributed by atoms with Crippen molar-refractivity contribution < 1.29 is 14.3 Å². The van der Waals surface area contributed by atoms with Crippen molar-refractivity contribution in [3.8, 4) is 0 Å². The molecular formula is C11H20N2O3S. The second kappa shape index (κ2) is 7.58. The molecule has 17 heavy (non-hydrogen) atoms. The molecule has 0 bridgehead atoms. The van der Waals surface area contributed by atoms with E-state index in [1.54, 1.807) is 4.90 Å². The van der Waals surface area contributed by atoms with Gasteiger partial charge in [0, 0.05) is 13.2 Å². The Balaban J connectivity index is 2.28. The third-order valence-corrected chi connectivity index (χ3v) is 2.81. The molecule has 1 rings (SSSR count). The highest BCUT2D eigenvalue weighted by Crippen LogP contribution is 2.07. The first-order valence-electron chi connectivity index (χ1n) is 5.91. The molecule has 0 aromatic rings. The third-order valence-electron chi connectivity index (χ3n) is 2.55. The fraction of sp³-hybridized carbons (Fsp3) is 0.818. The summed E-state index contributed by atoms with van der Waals surface area (Å²) in [5, 5.41) is 0. The lowest BCUT2D eigenvalue weighted by atomic mass is 10.2. The molecule has 6 heteroatoms. The quantitative estimate of drug-likeness (QED) is 0.550. The van der Waals surface area contributed by atoms with Crippen LogP contribution in [0.15, 0.2) is 0 Å². The van der Waals surface area contributed by atoms with E-state index in [1.165, 1.54) is 0 Å². The maximum atomic E-state index is 11.8. The summed E-state index contributed by atoms with van der Waals surface area (Å²) in [4.78, 5) is 13.9. The van der Waals surface area contributed by atoms with E-state index < -0.39 is 0 Å². The Bertz CT molecular complexity index is 273. The van der Waals surface area contributed by atoms with Gasteiger partial charge in [-0.05, 0) is 6.42 Å². The van der Waals surface area contributed by atoms with Crippen molar-refractivity contribution in [1.82, 2.24) is 4.90 Å². The molecule has 1 heterocycles. The standard InChI is InChI=1S/C11H20N2O3S/c1-2-5-15-6-3-10(14)13-4-7-16-9(8-13)11(12)17/h9H,2-8H2,1H3,(H2,12,17). The number of carbonyl (C=O) groups excluding carboxylic acids is 1. The van der Waals surface area contributed by atoms with Gasteiger partial charge in [0.15, 0.2) is 0 Å². The predicted molar refractivity (Wildman–Crippen MR) is 68.8 cm³/mol. The number of morpholine rings is 1. The summed E-state index contributed by atoms with van der Waals surface area (Å²) in [6.45, 7) is 4.77. The highest BCUT2D eigenvalue weighted by atomic mass is 32.1. The zero-order valence-corrected chi connectivity index (χ0v) is 11.0. The molecule has 1 amide bonds. The monoisotopic (exact) mass is 260 g/mol. The van der Waals surface area contributed by atoms with Crippen LogP contribution >= 0.6 is 12.2 Å². The predicted octanol–water partition coefficient (Wildman–Crippen LogP) is 0.317. The maximum absolute atomic E-state index is 11.8. The van der Waals surface area contributed by atoms with E-state index in [1.807, 2.05) is 6.92 Å². The minimum absolute atomic E-state index is 0.0747. The third kappa shape index (κ3) is 4.97. The smallest absolute Gasteiger partial charge is 0.225 e. The number of carbonyl (C=O) groups is 1. The Hall–Kier alpha value is -0.720. The van der Waals surface area contributed by atoms with Crippen LogP contribution in [0.4, 0.5) is 0 Å². The van der Waals surface area contributed by atoms with Crippen LogP contribution in [0.3, 0.4) is 0 Å². The molecule has 0 spiro atoms. The Morgan fingerprint density at radius 3 is 3.00 bits per heavy atom. The molecule has 1 aliphatic rings. The van der Waals surface area contributed by atoms with Crippen LogP contribution in [-0.2, 0) is 14.3 Å². The molecule has 0 saturated carbocycles. The molecule has 1 unspecified atom stereocenters. The minimum atomic E-state index is -0.306. The average Bonchev–Trinajstić information content (AvgIpc) is 2.34. The first kappa shape index (κ1) is 14.3. The van der Waals surface area contributed by atoms with E-state index in [0.717, 1.165) is 6.42 Å². The molecule has 2 N–H and O–H groups in total. The number of hydrogen-bond donors (Lipinski definition) is 1. The fourth-order valence-corrected chi connectivity index (χ4v) is 1.75. The van der Waals surface area contributed by atoms with E-state index in [2.05, 4.69) is 0 Å². The summed E-state index contributed by atoms with van der Waals surface area (Å²) in [6.07, 6.45) is 1.07. The van der Waals surface area contributed by atoms with Crippen molar-refractivity contribution in [1.29, 1.82) is 0 Å². The van der Waals surface area contributed by atoms with Gasteiger partial charge in [-0.1, -0.05) is 19.1 Å². The molecule has 1 atom stereocenters. The lowest BCUT2D eigenvalue weighted by Crippen LogP contribution is -2.50. The van der Waals surface area contributed by atoms with Gasteiger partial charge in [0.05, 0.1) is 26.2 Å². The largest absolute Gasteiger partial charge is 0.391 e. The lowest BCUT2D eigenvalue weighted by Gasteiger charge is -2.32. The summed E-state index contributed by atoms with van der Waals surface area (Å²) in [7, 11) is 0. The molecule has 0 aromatic carbocycles. The van der Waals surface area contributed by atoms with Crippen LogP contribution < -0.4 is 5.73 Å². The number of rotatable bonds is 6. The molecule has 0 aromatic heterocycles. The zero-order chi connectivity index (χ0) is 12.7. The van der Waals surface area contributed by atoms with Gasteiger partial charge in [-0.2, -0.15) is 0 Å². The van der Waals surface area contributed by atoms with Crippen molar-refractivity contribution in [3.05, 3.63) is 0 Å². The number of amides is 1. The van der Waals surface area contributed by atoms with E-state index >= 15 is 0 Å². The number of nitrogens with two attached hydrogens (primary N) is 1. The summed E-state index contributed by atoms with van der Waals surface area (Å²) in [5.74, 6) is 0.0747. The molecule has 1 saturated heterocycles. The first-order valence-corrected chi connectivity index (χ1v) is 6.32. The van der Waals surface area contributed by atoms with Gasteiger partial charge in [0.2, 0.25) is 5.91 Å². The normalized spacial score (nSPS) is 20.3. The van der Waals surface area contributed by atoms with Crippen LogP contribution in [0.5, 0.6) is 0 Å². The van der Waals surface area contributed by atoms with Crippen LogP contribution in [0.25, 0.3) is 0 Å². The number of thiocarbonyl (C=S) groups is 1. The van der Waals surface area contributed by atoms with E-state index in [9.17, 15) is 4.79 Å². The van der Waals surface area contributed by atoms with Crippen molar-refractivity contribution in [3.63, 3.8) is 0 Å². The summed E-state index contributed by atoms with van der Waals surface area (Å²) < 4.78 is 10.7. The van der Waals surface area contributed by atoms with Gasteiger partial charge in [-0.25, -0.2) is 0 Å². The van der Waals surface area contributed by atoms with E-state index in [4.69, 9.17) is 27.4 Å². The van der Waals surface area contributed by atoms with Gasteiger partial charge in [-0.3, -0.25) is 4.79 Å². The highest BCUT2D eigenvalue weighted by Gasteiger charge is 2.25. The molecule has 1 fully saturated rings. The molecule has 0 radical (unpaired) electrons.